The standard InChI is InChI=1S/C8H15NO3.GeH4/c1-4-7(10)9-6(3)8(11)12-5-2;/h6H,4-5H2,1-3H3,(H,9,10);1H4. The Morgan fingerprint density at radius 1 is 1.38 bits per heavy atom. The van der Waals surface area contributed by atoms with Crippen molar-refractivity contribution < 1.29 is 14.3 Å². The van der Waals surface area contributed by atoms with Gasteiger partial charge in [0.05, 0.1) is 6.61 Å². The van der Waals surface area contributed by atoms with E-state index in [1.165, 1.54) is 0 Å². The fourth-order valence-corrected chi connectivity index (χ4v) is 0.670. The Hall–Kier alpha value is -0.517. The van der Waals surface area contributed by atoms with Gasteiger partial charge in [-0.15, -0.1) is 0 Å². The first-order valence-electron chi connectivity index (χ1n) is 4.07. The number of carbonyl (C=O) groups is 2. The van der Waals surface area contributed by atoms with Crippen LogP contribution in [0.25, 0.3) is 0 Å². The molecule has 0 aromatic rings. The number of carbonyl (C=O) groups excluding carboxylic acids is 2. The number of esters is 1. The Kier molecular flexibility index (Phi) is 9.33. The van der Waals surface area contributed by atoms with E-state index in [9.17, 15) is 9.59 Å². The van der Waals surface area contributed by atoms with E-state index in [-0.39, 0.29) is 29.5 Å². The molecule has 0 aromatic heterocycles. The van der Waals surface area contributed by atoms with Crippen molar-refractivity contribution in [3.8, 4) is 0 Å². The van der Waals surface area contributed by atoms with Crippen molar-refractivity contribution in [1.29, 1.82) is 0 Å². The van der Waals surface area contributed by atoms with E-state index < -0.39 is 6.04 Å². The number of ether oxygens (including phenoxy) is 1. The van der Waals surface area contributed by atoms with Gasteiger partial charge in [0.2, 0.25) is 5.91 Å². The molecule has 4 nitrogen and oxygen atoms in total. The number of amides is 1. The van der Waals surface area contributed by atoms with Crippen LogP contribution in [0.2, 0.25) is 0 Å². The summed E-state index contributed by atoms with van der Waals surface area (Å²) in [5.41, 5.74) is 0. The van der Waals surface area contributed by atoms with Gasteiger partial charge in [0.25, 0.3) is 0 Å². The second kappa shape index (κ2) is 8.10. The number of hydrogen-bond acceptors (Lipinski definition) is 3. The molecule has 0 aliphatic heterocycles. The molecule has 0 heterocycles. The van der Waals surface area contributed by atoms with Crippen molar-refractivity contribution >= 4 is 29.5 Å². The van der Waals surface area contributed by atoms with Crippen LogP contribution in [0.3, 0.4) is 0 Å². The summed E-state index contributed by atoms with van der Waals surface area (Å²) >= 11 is 0. The second-order valence-corrected chi connectivity index (χ2v) is 2.39. The molecule has 0 aliphatic carbocycles. The molecule has 78 valence electrons. The first-order chi connectivity index (χ1) is 5.61. The third kappa shape index (κ3) is 6.63. The van der Waals surface area contributed by atoms with Crippen LogP contribution < -0.4 is 5.32 Å². The van der Waals surface area contributed by atoms with Crippen molar-refractivity contribution in [3.05, 3.63) is 0 Å². The van der Waals surface area contributed by atoms with Crippen molar-refractivity contribution in [2.45, 2.75) is 33.2 Å². The van der Waals surface area contributed by atoms with Gasteiger partial charge < -0.3 is 10.1 Å². The molecule has 0 fully saturated rings. The molecule has 13 heavy (non-hydrogen) atoms. The third-order valence-corrected chi connectivity index (χ3v) is 1.34. The van der Waals surface area contributed by atoms with Gasteiger partial charge in [-0.1, -0.05) is 6.92 Å². The molecule has 0 aliphatic rings. The summed E-state index contributed by atoms with van der Waals surface area (Å²) in [5, 5.41) is 2.50. The van der Waals surface area contributed by atoms with Crippen molar-refractivity contribution in [2.24, 2.45) is 0 Å². The normalized spacial score (nSPS) is 11.0. The molecular formula is C8H19GeNO3. The van der Waals surface area contributed by atoms with Gasteiger partial charge in [0, 0.05) is 6.42 Å². The molecule has 0 spiro atoms. The summed E-state index contributed by atoms with van der Waals surface area (Å²) in [4.78, 5) is 21.8. The van der Waals surface area contributed by atoms with Crippen molar-refractivity contribution in [1.82, 2.24) is 5.32 Å². The van der Waals surface area contributed by atoms with Crippen LogP contribution in [-0.4, -0.2) is 42.1 Å². The molecule has 1 unspecified atom stereocenters. The molecule has 1 N–H and O–H groups in total. The minimum atomic E-state index is -0.544. The first kappa shape index (κ1) is 15.0. The van der Waals surface area contributed by atoms with Crippen molar-refractivity contribution in [2.75, 3.05) is 6.61 Å². The molecule has 0 aromatic carbocycles. The monoisotopic (exact) mass is 251 g/mol. The first-order valence-corrected chi connectivity index (χ1v) is 4.07. The maximum atomic E-state index is 11.0. The number of hydrogen-bond donors (Lipinski definition) is 1. The minimum absolute atomic E-state index is 0. The average Bonchev–Trinajstić information content (AvgIpc) is 2.04. The quantitative estimate of drug-likeness (QED) is 0.515. The van der Waals surface area contributed by atoms with Gasteiger partial charge in [-0.05, 0) is 13.8 Å². The number of nitrogens with one attached hydrogen (secondary N) is 1. The Morgan fingerprint density at radius 2 is 1.92 bits per heavy atom. The van der Waals surface area contributed by atoms with Gasteiger partial charge in [-0.2, -0.15) is 0 Å². The Bertz CT molecular complexity index is 173. The van der Waals surface area contributed by atoms with E-state index in [2.05, 4.69) is 5.32 Å². The van der Waals surface area contributed by atoms with Crippen LogP contribution in [0.5, 0.6) is 0 Å². The van der Waals surface area contributed by atoms with Gasteiger partial charge >= 0.3 is 23.6 Å². The van der Waals surface area contributed by atoms with Gasteiger partial charge in [0.1, 0.15) is 6.04 Å². The zero-order valence-electron chi connectivity index (χ0n) is 7.72. The Balaban J connectivity index is 0. The van der Waals surface area contributed by atoms with E-state index >= 15 is 0 Å². The summed E-state index contributed by atoms with van der Waals surface area (Å²) in [6, 6.07) is -0.544. The van der Waals surface area contributed by atoms with Crippen LogP contribution in [0, 0.1) is 0 Å². The summed E-state index contributed by atoms with van der Waals surface area (Å²) in [6.07, 6.45) is 0.379. The van der Waals surface area contributed by atoms with E-state index in [1.54, 1.807) is 20.8 Å². The van der Waals surface area contributed by atoms with Crippen LogP contribution in [0.15, 0.2) is 0 Å². The molecule has 0 saturated carbocycles. The summed E-state index contributed by atoms with van der Waals surface area (Å²) < 4.78 is 4.70. The average molecular weight is 250 g/mol. The van der Waals surface area contributed by atoms with Crippen LogP contribution in [0.4, 0.5) is 0 Å². The van der Waals surface area contributed by atoms with Gasteiger partial charge in [-0.3, -0.25) is 4.79 Å². The van der Waals surface area contributed by atoms with Gasteiger partial charge in [0.15, 0.2) is 0 Å². The predicted octanol–water partition coefficient (Wildman–Crippen LogP) is -0.987. The topological polar surface area (TPSA) is 55.4 Å². The Labute approximate surface area is 89.4 Å². The molecule has 1 atom stereocenters. The fraction of sp³-hybridized carbons (Fsp3) is 0.750. The van der Waals surface area contributed by atoms with Crippen LogP contribution in [0.1, 0.15) is 27.2 Å². The molecule has 1 amide bonds. The molecule has 0 rings (SSSR count). The summed E-state index contributed by atoms with van der Waals surface area (Å²) in [7, 11) is 0. The van der Waals surface area contributed by atoms with E-state index in [0.717, 1.165) is 0 Å². The Morgan fingerprint density at radius 3 is 2.31 bits per heavy atom. The van der Waals surface area contributed by atoms with Crippen molar-refractivity contribution in [3.63, 3.8) is 0 Å². The summed E-state index contributed by atoms with van der Waals surface area (Å²) in [5.74, 6) is -0.533. The number of rotatable bonds is 4. The van der Waals surface area contributed by atoms with E-state index in [4.69, 9.17) is 4.74 Å². The second-order valence-electron chi connectivity index (χ2n) is 2.39. The third-order valence-electron chi connectivity index (χ3n) is 1.34. The van der Waals surface area contributed by atoms with Crippen LogP contribution >= 0.6 is 0 Å². The van der Waals surface area contributed by atoms with Crippen LogP contribution in [-0.2, 0) is 14.3 Å². The molecule has 0 bridgehead atoms. The van der Waals surface area contributed by atoms with E-state index in [0.29, 0.717) is 13.0 Å². The summed E-state index contributed by atoms with van der Waals surface area (Å²) in [6.45, 7) is 5.40. The molecular weight excluding hydrogens is 231 g/mol. The predicted molar refractivity (Wildman–Crippen MR) is 55.9 cm³/mol. The molecule has 0 saturated heterocycles. The zero-order chi connectivity index (χ0) is 9.56. The SMILES string of the molecule is CCOC(=O)C(C)NC(=O)CC.[GeH4]. The molecule has 0 radical (unpaired) electrons. The van der Waals surface area contributed by atoms with E-state index in [1.807, 2.05) is 0 Å². The molecule has 5 heteroatoms. The van der Waals surface area contributed by atoms with Gasteiger partial charge in [-0.25, -0.2) is 4.79 Å². The zero-order valence-corrected chi connectivity index (χ0v) is 7.72. The fourth-order valence-electron chi connectivity index (χ4n) is 0.670. The maximum absolute atomic E-state index is 11.0.